The van der Waals surface area contributed by atoms with E-state index < -0.39 is 48.9 Å². The van der Waals surface area contributed by atoms with E-state index in [1.807, 2.05) is 116 Å². The number of likely N-dealkylation sites (N-methyl/N-ethyl adjacent to an activating group) is 1. The normalized spacial score (nSPS) is 15.4. The molecule has 18 rings (SSSR count). The van der Waals surface area contributed by atoms with Crippen molar-refractivity contribution >= 4 is 128 Å². The van der Waals surface area contributed by atoms with Crippen molar-refractivity contribution in [1.82, 2.24) is 74.1 Å². The van der Waals surface area contributed by atoms with Gasteiger partial charge >= 0.3 is 6.18 Å². The van der Waals surface area contributed by atoms with Gasteiger partial charge in [0.05, 0.1) is 40.9 Å². The predicted molar refractivity (Wildman–Crippen MR) is 487 cm³/mol. The number of nitrogens with zero attached hydrogens (tertiary/aromatic N) is 13. The molecule has 0 amide bonds. The fourth-order valence-corrected chi connectivity index (χ4v) is 18.9. The summed E-state index contributed by atoms with van der Waals surface area (Å²) >= 11 is 6.63. The molecule has 4 atom stereocenters. The Morgan fingerprint density at radius 2 is 1.16 bits per heavy atom. The van der Waals surface area contributed by atoms with Gasteiger partial charge in [-0.05, 0) is 211 Å². The number of pyridine rings is 4. The van der Waals surface area contributed by atoms with Crippen molar-refractivity contribution in [3.63, 3.8) is 0 Å². The number of likely N-dealkylation sites (tertiary alicyclic amines) is 1. The minimum absolute atomic E-state index is 0.0107. The zero-order valence-corrected chi connectivity index (χ0v) is 72.2. The van der Waals surface area contributed by atoms with Gasteiger partial charge in [-0.25, -0.2) is 37.5 Å². The number of terminal acetylenes is 1. The van der Waals surface area contributed by atoms with E-state index in [9.17, 15) is 44.4 Å². The lowest BCUT2D eigenvalue weighted by Gasteiger charge is -2.24. The predicted octanol–water partition coefficient (Wildman–Crippen LogP) is 13.8. The second-order valence-electron chi connectivity index (χ2n) is 30.7. The van der Waals surface area contributed by atoms with E-state index >= 15 is 0 Å². The van der Waals surface area contributed by atoms with Crippen LogP contribution in [0.5, 0.6) is 0 Å². The molecule has 9 aromatic heterocycles. The monoisotopic (exact) mass is 1800 g/mol. The third kappa shape index (κ3) is 21.2. The lowest BCUT2D eigenvalue weighted by Crippen LogP contribution is -2.38. The second kappa shape index (κ2) is 39.5. The zero-order valence-electron chi connectivity index (χ0n) is 69.0. The number of nitrogens with one attached hydrogen (secondary N) is 8. The van der Waals surface area contributed by atoms with Gasteiger partial charge in [0.25, 0.3) is 16.7 Å². The Kier molecular flexibility index (Phi) is 27.1. The molecule has 654 valence electrons. The Hall–Kier alpha value is -13.7. The molecule has 0 bridgehead atoms. The van der Waals surface area contributed by atoms with Gasteiger partial charge in [0.15, 0.2) is 23.6 Å². The number of benzene rings is 6. The molecule has 8 N–H and O–H groups in total. The van der Waals surface area contributed by atoms with Crippen LogP contribution in [-0.2, 0) is 51.1 Å². The summed E-state index contributed by atoms with van der Waals surface area (Å²) in [5.41, 5.74) is 7.39. The van der Waals surface area contributed by atoms with Gasteiger partial charge < -0.3 is 56.3 Å². The number of sulfone groups is 1. The van der Waals surface area contributed by atoms with Gasteiger partial charge in [-0.15, -0.1) is 6.42 Å². The molecule has 128 heavy (non-hydrogen) atoms. The maximum absolute atomic E-state index is 14.2. The van der Waals surface area contributed by atoms with Crippen LogP contribution in [0.4, 0.5) is 65.1 Å². The van der Waals surface area contributed by atoms with E-state index in [1.54, 1.807) is 42.7 Å². The highest BCUT2D eigenvalue weighted by molar-refractivity contribution is 7.91. The number of anilines is 9. The topological polar surface area (TPSA) is 376 Å². The smallest absolute Gasteiger partial charge is 0.400 e. The Morgan fingerprint density at radius 3 is 1.76 bits per heavy atom. The third-order valence-corrected chi connectivity index (χ3v) is 26.4. The van der Waals surface area contributed by atoms with Gasteiger partial charge in [0.1, 0.15) is 39.2 Å². The number of fused-ring (bicyclic) bond motifs is 3. The fraction of sp³-hybridized carbons (Fsp3) is 0.231. The number of alkyl halides is 3. The van der Waals surface area contributed by atoms with Gasteiger partial charge in [0.2, 0.25) is 32.8 Å². The van der Waals surface area contributed by atoms with E-state index in [1.165, 1.54) is 81.2 Å². The van der Waals surface area contributed by atoms with Crippen LogP contribution in [0, 0.1) is 19.3 Å². The highest BCUT2D eigenvalue weighted by atomic mass is 35.5. The average molecular weight is 1810 g/mol. The number of piperidine rings is 2. The minimum atomic E-state index is -4.61. The molecule has 3 saturated heterocycles. The molecule has 37 heteroatoms. The van der Waals surface area contributed by atoms with E-state index in [0.717, 1.165) is 117 Å². The summed E-state index contributed by atoms with van der Waals surface area (Å²) in [7, 11) is -5.89. The standard InChI is InChI=1S/C35H32ClN7O3S.C29H27F3N6O2S.C27H26N8O4S/c1-22-9-14-28(30(36)16-22)29-17-23-18-38-35(41-25-12-10-24(11-13-25)40-26-6-5-15-37-19-26)42-32(23)43(34(29)44)20-31-33(39-21-46-31)47(45)27-7-3-2-4-8-27;1-3-19-14-21-15-33-28(35-23-10-8-22(9-11-23)34-24-12-13-37(2)17-24)36-26(21)38(27(19)39)16-20-6-4-5-7-25(20)41(40)18-29(30,31)32;36-24-6-1-18-15-30-27(33-20-4-2-19(3-5-20)32-21-7-11-28-12-8-21)34-25(18)35(24)16-23-26(39-17-31-23)40(37,38)22-9-13-29-14-10-22/h2-4,7-14,16-18,21,26,37,40H,5-6,15,19-20H2,1H3,(H,38,41,42);1,4-11,14-15,24,34H,12-13,16-18H2,2H3,(H,33,35,36);1-6,9-10,13-15,17,21,28,32H,7-8,11-12,16H2,(H,30,33,34). The molecule has 0 radical (unpaired) electrons. The summed E-state index contributed by atoms with van der Waals surface area (Å²) in [4.78, 5) is 82.7. The summed E-state index contributed by atoms with van der Waals surface area (Å²) < 4.78 is 106. The maximum Gasteiger partial charge on any atom is 0.400 e. The molecule has 0 spiro atoms. The summed E-state index contributed by atoms with van der Waals surface area (Å²) in [5, 5.41) is 29.1. The van der Waals surface area contributed by atoms with E-state index in [0.29, 0.717) is 72.6 Å². The van der Waals surface area contributed by atoms with Crippen molar-refractivity contribution in [3.8, 4) is 23.5 Å². The van der Waals surface area contributed by atoms with Crippen LogP contribution >= 0.6 is 11.6 Å². The zero-order chi connectivity index (χ0) is 89.0. The van der Waals surface area contributed by atoms with Crippen LogP contribution in [0.25, 0.3) is 44.2 Å². The van der Waals surface area contributed by atoms with Crippen LogP contribution < -0.4 is 59.2 Å². The number of rotatable bonds is 25. The SMILES string of the molecule is C#Cc1cc2cnc(Nc3ccc(NC4CCN(C)C4)cc3)nc2n(Cc2ccccc2S(=O)CC(F)(F)F)c1=O.Cc1ccc(-c2cc3cnc(Nc4ccc(NC5CCCNC5)cc4)nc3n(Cc3ocnc3S(=O)c3ccccc3)c2=O)c(Cl)c1.O=c1ccc2cnc(Nc3ccc(NC4CCNCC4)cc3)nc2n1Cc1ncoc1S(=O)(=O)c1ccncc1. The largest absolute Gasteiger partial charge is 0.445 e. The van der Waals surface area contributed by atoms with Crippen molar-refractivity contribution in [3.05, 3.63) is 290 Å². The summed E-state index contributed by atoms with van der Waals surface area (Å²) in [6.45, 7) is 7.60. The Bertz CT molecular complexity index is 6940. The van der Waals surface area contributed by atoms with Crippen LogP contribution in [0.2, 0.25) is 5.02 Å². The minimum Gasteiger partial charge on any atom is -0.445 e. The summed E-state index contributed by atoms with van der Waals surface area (Å²) in [5.74, 6) is 1.95. The molecule has 0 saturated carbocycles. The first-order valence-corrected chi connectivity index (χ1v) is 45.2. The molecule has 0 aliphatic carbocycles. The lowest BCUT2D eigenvalue weighted by atomic mass is 10.0. The fourth-order valence-electron chi connectivity index (χ4n) is 15.1. The third-order valence-electron chi connectivity index (χ3n) is 21.5. The molecule has 30 nitrogen and oxygen atoms in total. The first-order chi connectivity index (χ1) is 62.0. The number of aryl methyl sites for hydroxylation is 1. The van der Waals surface area contributed by atoms with Crippen molar-refractivity contribution in [2.75, 3.05) is 84.0 Å². The van der Waals surface area contributed by atoms with Crippen LogP contribution in [0.1, 0.15) is 60.2 Å². The molecule has 12 heterocycles. The van der Waals surface area contributed by atoms with Gasteiger partial charge in [-0.3, -0.25) is 37.3 Å². The second-order valence-corrected chi connectivity index (χ2v) is 35.8. The number of hydrogen-bond donors (Lipinski definition) is 8. The quantitative estimate of drug-likeness (QED) is 0.0246. The van der Waals surface area contributed by atoms with Crippen LogP contribution in [-0.4, -0.2) is 157 Å². The molecule has 6 aromatic carbocycles. The van der Waals surface area contributed by atoms with E-state index in [2.05, 4.69) is 100 Å². The van der Waals surface area contributed by atoms with Crippen LogP contribution in [0.3, 0.4) is 0 Å². The van der Waals surface area contributed by atoms with Crippen LogP contribution in [0.15, 0.2) is 274 Å². The Balaban J connectivity index is 0.000000142. The molecule has 3 fully saturated rings. The van der Waals surface area contributed by atoms with E-state index in [4.69, 9.17) is 31.8 Å². The molecular weight excluding hydrogens is 1720 g/mol. The summed E-state index contributed by atoms with van der Waals surface area (Å²) in [6, 6.07) is 54.3. The first kappa shape index (κ1) is 87.8. The van der Waals surface area contributed by atoms with Crippen molar-refractivity contribution in [1.29, 1.82) is 0 Å². The molecule has 4 unspecified atom stereocenters. The van der Waals surface area contributed by atoms with Crippen molar-refractivity contribution < 1.29 is 38.8 Å². The number of oxazole rings is 2. The summed E-state index contributed by atoms with van der Waals surface area (Å²) in [6.07, 6.45) is 16.3. The van der Waals surface area contributed by atoms with Crippen molar-refractivity contribution in [2.45, 2.75) is 108 Å². The average Bonchev–Trinajstić information content (AvgIpc) is 1.35. The highest BCUT2D eigenvalue weighted by Crippen LogP contribution is 2.33. The van der Waals surface area contributed by atoms with Gasteiger partial charge in [-0.2, -0.15) is 28.1 Å². The lowest BCUT2D eigenvalue weighted by molar-refractivity contribution is -0.105. The van der Waals surface area contributed by atoms with E-state index in [-0.39, 0.29) is 90.8 Å². The molecule has 15 aromatic rings. The number of hydrogen-bond acceptors (Lipinski definition) is 27. The molecule has 3 aliphatic rings. The Morgan fingerprint density at radius 1 is 0.578 bits per heavy atom. The van der Waals surface area contributed by atoms with Crippen molar-refractivity contribution in [2.24, 2.45) is 0 Å². The first-order valence-electron chi connectivity index (χ1n) is 40.9. The van der Waals surface area contributed by atoms with Gasteiger partial charge in [-0.1, -0.05) is 66.1 Å². The molecule has 3 aliphatic heterocycles. The molecular formula is C91H85ClF3N21O9S3. The number of aromatic nitrogens is 12. The Labute approximate surface area is 741 Å². The number of halogens is 4. The highest BCUT2D eigenvalue weighted by Gasteiger charge is 2.33. The van der Waals surface area contributed by atoms with Gasteiger partial charge in [0, 0.05) is 144 Å². The maximum atomic E-state index is 14.2.